The zero-order valence-electron chi connectivity index (χ0n) is 13.7. The third kappa shape index (κ3) is 4.09. The molecule has 0 aromatic carbocycles. The van der Waals surface area contributed by atoms with E-state index < -0.39 is 12.0 Å². The van der Waals surface area contributed by atoms with Crippen LogP contribution < -0.4 is 5.32 Å². The number of aliphatic carboxylic acids is 1. The first-order chi connectivity index (χ1) is 9.65. The van der Waals surface area contributed by atoms with Crippen LogP contribution in [0, 0.1) is 19.8 Å². The van der Waals surface area contributed by atoms with E-state index in [0.717, 1.165) is 11.4 Å². The summed E-state index contributed by atoms with van der Waals surface area (Å²) >= 11 is 0. The van der Waals surface area contributed by atoms with Crippen molar-refractivity contribution in [1.29, 1.82) is 0 Å². The highest BCUT2D eigenvalue weighted by Crippen LogP contribution is 2.20. The molecule has 0 fully saturated rings. The van der Waals surface area contributed by atoms with Gasteiger partial charge in [0.1, 0.15) is 6.04 Å². The summed E-state index contributed by atoms with van der Waals surface area (Å²) in [6, 6.07) is 1.23. The Morgan fingerprint density at radius 2 is 1.81 bits per heavy atom. The molecule has 1 aromatic rings. The van der Waals surface area contributed by atoms with Crippen LogP contribution in [-0.4, -0.2) is 27.6 Å². The van der Waals surface area contributed by atoms with Gasteiger partial charge in [0.05, 0.1) is 5.56 Å². The second kappa shape index (κ2) is 6.78. The summed E-state index contributed by atoms with van der Waals surface area (Å²) in [4.78, 5) is 23.6. The summed E-state index contributed by atoms with van der Waals surface area (Å²) in [5.74, 6) is -1.10. The van der Waals surface area contributed by atoms with E-state index in [-0.39, 0.29) is 17.9 Å². The van der Waals surface area contributed by atoms with Gasteiger partial charge in [-0.3, -0.25) is 4.79 Å². The molecule has 1 heterocycles. The van der Waals surface area contributed by atoms with Crippen molar-refractivity contribution in [1.82, 2.24) is 9.88 Å². The van der Waals surface area contributed by atoms with E-state index in [2.05, 4.69) is 23.7 Å². The molecule has 1 aromatic heterocycles. The number of nitrogens with one attached hydrogen (secondary N) is 1. The van der Waals surface area contributed by atoms with Crippen molar-refractivity contribution in [3.8, 4) is 0 Å². The van der Waals surface area contributed by atoms with Gasteiger partial charge in [-0.2, -0.15) is 0 Å². The molecule has 5 heteroatoms. The smallest absolute Gasteiger partial charge is 0.326 e. The number of nitrogens with zero attached hydrogens (tertiary/aromatic N) is 1. The molecule has 1 unspecified atom stereocenters. The normalized spacial score (nSPS) is 12.8. The van der Waals surface area contributed by atoms with E-state index in [9.17, 15) is 14.7 Å². The molecule has 1 atom stereocenters. The first kappa shape index (κ1) is 17.3. The maximum absolute atomic E-state index is 12.4. The Morgan fingerprint density at radius 1 is 1.24 bits per heavy atom. The highest BCUT2D eigenvalue weighted by molar-refractivity contribution is 5.97. The Kier molecular flexibility index (Phi) is 5.58. The lowest BCUT2D eigenvalue weighted by Crippen LogP contribution is -2.41. The fraction of sp³-hybridized carbons (Fsp3) is 0.625. The SMILES string of the molecule is Cc1cc(C(=O)NC(CC(C)C)C(=O)O)c(C)n1C(C)C. The molecule has 0 saturated heterocycles. The van der Waals surface area contributed by atoms with Gasteiger partial charge in [0.25, 0.3) is 5.91 Å². The second-order valence-corrected chi connectivity index (χ2v) is 6.24. The van der Waals surface area contributed by atoms with Crippen molar-refractivity contribution in [3.05, 3.63) is 23.0 Å². The van der Waals surface area contributed by atoms with E-state index in [1.165, 1.54) is 0 Å². The second-order valence-electron chi connectivity index (χ2n) is 6.24. The summed E-state index contributed by atoms with van der Waals surface area (Å²) in [6.45, 7) is 11.8. The van der Waals surface area contributed by atoms with E-state index in [1.54, 1.807) is 0 Å². The van der Waals surface area contributed by atoms with Crippen LogP contribution in [0.25, 0.3) is 0 Å². The van der Waals surface area contributed by atoms with Crippen LogP contribution >= 0.6 is 0 Å². The number of rotatable bonds is 6. The van der Waals surface area contributed by atoms with Crippen molar-refractivity contribution in [2.45, 2.75) is 60.0 Å². The molecule has 2 N–H and O–H groups in total. The van der Waals surface area contributed by atoms with Gasteiger partial charge in [0.2, 0.25) is 0 Å². The minimum Gasteiger partial charge on any atom is -0.480 e. The van der Waals surface area contributed by atoms with Crippen molar-refractivity contribution < 1.29 is 14.7 Å². The van der Waals surface area contributed by atoms with Crippen LogP contribution in [0.15, 0.2) is 6.07 Å². The number of hydrogen-bond donors (Lipinski definition) is 2. The van der Waals surface area contributed by atoms with Gasteiger partial charge in [0.15, 0.2) is 0 Å². The van der Waals surface area contributed by atoms with Crippen LogP contribution in [0.3, 0.4) is 0 Å². The van der Waals surface area contributed by atoms with Crippen LogP contribution in [0.4, 0.5) is 0 Å². The highest BCUT2D eigenvalue weighted by atomic mass is 16.4. The maximum Gasteiger partial charge on any atom is 0.326 e. The molecule has 0 saturated carbocycles. The standard InChI is InChI=1S/C16H26N2O3/c1-9(2)7-14(16(20)21)17-15(19)13-8-11(5)18(10(3)4)12(13)6/h8-10,14H,7H2,1-6H3,(H,17,19)(H,20,21). The number of amides is 1. The summed E-state index contributed by atoms with van der Waals surface area (Å²) in [5, 5.41) is 11.8. The fourth-order valence-corrected chi connectivity index (χ4v) is 2.73. The highest BCUT2D eigenvalue weighted by Gasteiger charge is 2.24. The van der Waals surface area contributed by atoms with E-state index in [0.29, 0.717) is 12.0 Å². The van der Waals surface area contributed by atoms with Crippen LogP contribution in [0.1, 0.15) is 61.9 Å². The summed E-state index contributed by atoms with van der Waals surface area (Å²) in [7, 11) is 0. The number of carbonyl (C=O) groups is 2. The van der Waals surface area contributed by atoms with Gasteiger partial charge in [-0.05, 0) is 46.1 Å². The maximum atomic E-state index is 12.4. The number of aromatic nitrogens is 1. The molecule has 1 amide bonds. The molecule has 21 heavy (non-hydrogen) atoms. The lowest BCUT2D eigenvalue weighted by molar-refractivity contribution is -0.139. The number of hydrogen-bond acceptors (Lipinski definition) is 2. The molecule has 0 aliphatic rings. The monoisotopic (exact) mass is 294 g/mol. The predicted octanol–water partition coefficient (Wildman–Crippen LogP) is 2.91. The Balaban J connectivity index is 2.98. The minimum absolute atomic E-state index is 0.203. The molecular formula is C16H26N2O3. The average Bonchev–Trinajstić information content (AvgIpc) is 2.63. The fourth-order valence-electron chi connectivity index (χ4n) is 2.73. The number of carboxylic acid groups (broad SMARTS) is 1. The molecule has 0 aliphatic carbocycles. The summed E-state index contributed by atoms with van der Waals surface area (Å²) in [6.07, 6.45) is 0.421. The van der Waals surface area contributed by atoms with Crippen LogP contribution in [0.5, 0.6) is 0 Å². The Hall–Kier alpha value is -1.78. The quantitative estimate of drug-likeness (QED) is 0.847. The van der Waals surface area contributed by atoms with Crippen molar-refractivity contribution in [2.24, 2.45) is 5.92 Å². The molecule has 1 rings (SSSR count). The Morgan fingerprint density at radius 3 is 2.19 bits per heavy atom. The largest absolute Gasteiger partial charge is 0.480 e. The lowest BCUT2D eigenvalue weighted by Gasteiger charge is -2.17. The first-order valence-corrected chi connectivity index (χ1v) is 7.37. The van der Waals surface area contributed by atoms with Gasteiger partial charge in [-0.15, -0.1) is 0 Å². The first-order valence-electron chi connectivity index (χ1n) is 7.37. The Bertz CT molecular complexity index is 530. The number of aryl methyl sites for hydroxylation is 1. The van der Waals surface area contributed by atoms with Crippen molar-refractivity contribution >= 4 is 11.9 Å². The molecule has 0 radical (unpaired) electrons. The predicted molar refractivity (Wildman–Crippen MR) is 82.6 cm³/mol. The third-order valence-corrected chi connectivity index (χ3v) is 3.56. The zero-order chi connectivity index (χ0) is 16.3. The third-order valence-electron chi connectivity index (χ3n) is 3.56. The number of carbonyl (C=O) groups excluding carboxylic acids is 1. The minimum atomic E-state index is -0.991. The van der Waals surface area contributed by atoms with Gasteiger partial charge in [-0.25, -0.2) is 4.79 Å². The summed E-state index contributed by atoms with van der Waals surface area (Å²) < 4.78 is 2.08. The topological polar surface area (TPSA) is 71.3 Å². The molecule has 5 nitrogen and oxygen atoms in total. The van der Waals surface area contributed by atoms with Gasteiger partial charge >= 0.3 is 5.97 Å². The van der Waals surface area contributed by atoms with Crippen LogP contribution in [0.2, 0.25) is 0 Å². The Labute approximate surface area is 126 Å². The number of carboxylic acids is 1. The van der Waals surface area contributed by atoms with Crippen molar-refractivity contribution in [2.75, 3.05) is 0 Å². The van der Waals surface area contributed by atoms with Crippen molar-refractivity contribution in [3.63, 3.8) is 0 Å². The van der Waals surface area contributed by atoms with Crippen LogP contribution in [-0.2, 0) is 4.79 Å². The van der Waals surface area contributed by atoms with E-state index in [4.69, 9.17) is 0 Å². The van der Waals surface area contributed by atoms with Gasteiger partial charge < -0.3 is 15.0 Å². The molecule has 118 valence electrons. The molecule has 0 spiro atoms. The van der Waals surface area contributed by atoms with E-state index >= 15 is 0 Å². The lowest BCUT2D eigenvalue weighted by atomic mass is 10.0. The molecule has 0 aliphatic heterocycles. The van der Waals surface area contributed by atoms with E-state index in [1.807, 2.05) is 33.8 Å². The molecule has 0 bridgehead atoms. The van der Waals surface area contributed by atoms with Gasteiger partial charge in [0, 0.05) is 17.4 Å². The average molecular weight is 294 g/mol. The summed E-state index contributed by atoms with van der Waals surface area (Å²) in [5.41, 5.74) is 2.42. The zero-order valence-corrected chi connectivity index (χ0v) is 13.7. The molecular weight excluding hydrogens is 268 g/mol. The van der Waals surface area contributed by atoms with Gasteiger partial charge in [-0.1, -0.05) is 13.8 Å².